The summed E-state index contributed by atoms with van der Waals surface area (Å²) in [5.41, 5.74) is 10.5. The molecule has 260 valence electrons. The molecule has 0 fully saturated rings. The monoisotopic (exact) mass is 669 g/mol. The Kier molecular flexibility index (Phi) is 15.6. The van der Waals surface area contributed by atoms with Gasteiger partial charge in [-0.1, -0.05) is 37.8 Å². The number of carbonyl (C=O) groups excluding carboxylic acids is 1. The van der Waals surface area contributed by atoms with Crippen LogP contribution in [0.25, 0.3) is 5.57 Å². The first-order valence-corrected chi connectivity index (χ1v) is 16.5. The highest BCUT2D eigenvalue weighted by Gasteiger charge is 2.30. The van der Waals surface area contributed by atoms with Crippen molar-refractivity contribution in [2.45, 2.75) is 54.4 Å². The fourth-order valence-corrected chi connectivity index (χ4v) is 5.96. The van der Waals surface area contributed by atoms with E-state index in [0.29, 0.717) is 32.0 Å². The lowest BCUT2D eigenvalue weighted by Gasteiger charge is -2.19. The van der Waals surface area contributed by atoms with Crippen LogP contribution in [0.3, 0.4) is 0 Å². The van der Waals surface area contributed by atoms with E-state index in [9.17, 15) is 9.59 Å². The van der Waals surface area contributed by atoms with E-state index in [0.717, 1.165) is 57.9 Å². The van der Waals surface area contributed by atoms with Crippen molar-refractivity contribution in [1.82, 2.24) is 9.79 Å². The zero-order chi connectivity index (χ0) is 35.9. The van der Waals surface area contributed by atoms with Gasteiger partial charge in [0.25, 0.3) is 5.91 Å². The van der Waals surface area contributed by atoms with Crippen LogP contribution < -0.4 is 5.32 Å². The van der Waals surface area contributed by atoms with Crippen molar-refractivity contribution >= 4 is 30.0 Å². The standard InChI is InChI=1S/C38H48BN3O7/c1-9-32-26(3)36(41-28(32)5)35(30-13-15-31(16-14-30)38(45)40-25-34(43)44)37-27(4)33(10-2)29(6)42(37)39(17-11-19-48-23-21-46-7)18-12-20-49-24-22-47-8/h13-16H,9-10,19-25H2,1-8H3,(H,40,45)(H,43,44)/b36-35-. The summed E-state index contributed by atoms with van der Waals surface area (Å²) in [6, 6.07) is 7.19. The number of carboxylic acids is 1. The number of carboxylic acid groups (broad SMARTS) is 1. The number of carbonyl (C=O) groups is 2. The first kappa shape index (κ1) is 39.1. The topological polar surface area (TPSA) is 121 Å². The van der Waals surface area contributed by atoms with Gasteiger partial charge in [0.2, 0.25) is 0 Å². The molecule has 3 rings (SSSR count). The molecule has 0 saturated carbocycles. The van der Waals surface area contributed by atoms with Crippen LogP contribution in [-0.4, -0.2) is 94.4 Å². The van der Waals surface area contributed by atoms with Gasteiger partial charge in [0, 0.05) is 42.5 Å². The summed E-state index contributed by atoms with van der Waals surface area (Å²) in [7, 11) is 3.26. The van der Waals surface area contributed by atoms with E-state index in [1.165, 1.54) is 11.1 Å². The van der Waals surface area contributed by atoms with Crippen molar-refractivity contribution < 1.29 is 33.6 Å². The van der Waals surface area contributed by atoms with Gasteiger partial charge in [0.05, 0.1) is 32.1 Å². The third-order valence-electron chi connectivity index (χ3n) is 8.34. The lowest BCUT2D eigenvalue weighted by Crippen LogP contribution is -2.29. The minimum Gasteiger partial charge on any atom is -0.480 e. The Morgan fingerprint density at radius 2 is 1.45 bits per heavy atom. The van der Waals surface area contributed by atoms with Crippen LogP contribution >= 0.6 is 0 Å². The zero-order valence-corrected chi connectivity index (χ0v) is 30.0. The van der Waals surface area contributed by atoms with E-state index in [4.69, 9.17) is 29.0 Å². The predicted octanol–water partition coefficient (Wildman–Crippen LogP) is 4.69. The highest BCUT2D eigenvalue weighted by atomic mass is 16.5. The largest absolute Gasteiger partial charge is 0.480 e. The second-order valence-electron chi connectivity index (χ2n) is 11.4. The van der Waals surface area contributed by atoms with Gasteiger partial charge in [0.15, 0.2) is 0 Å². The number of aliphatic carboxylic acids is 1. The maximum absolute atomic E-state index is 12.7. The number of aliphatic imine (C=N–C) groups is 1. The molecule has 1 aromatic carbocycles. The predicted molar refractivity (Wildman–Crippen MR) is 194 cm³/mol. The van der Waals surface area contributed by atoms with Crippen molar-refractivity contribution in [3.05, 3.63) is 74.8 Å². The summed E-state index contributed by atoms with van der Waals surface area (Å²) in [4.78, 5) is 28.9. The maximum atomic E-state index is 12.7. The summed E-state index contributed by atoms with van der Waals surface area (Å²) in [5, 5.41) is 11.5. The van der Waals surface area contributed by atoms with Crippen LogP contribution in [0.5, 0.6) is 0 Å². The molecule has 1 aliphatic rings. The number of ether oxygens (including phenoxy) is 4. The number of hydrogen-bond acceptors (Lipinski definition) is 7. The van der Waals surface area contributed by atoms with E-state index in [1.54, 1.807) is 26.4 Å². The van der Waals surface area contributed by atoms with E-state index in [2.05, 4.69) is 67.9 Å². The van der Waals surface area contributed by atoms with Gasteiger partial charge in [0.1, 0.15) is 19.8 Å². The number of benzene rings is 1. The van der Waals surface area contributed by atoms with E-state index < -0.39 is 25.3 Å². The Hall–Kier alpha value is -4.39. The number of rotatable bonds is 16. The fourth-order valence-electron chi connectivity index (χ4n) is 5.96. The Labute approximate surface area is 291 Å². The number of methoxy groups -OCH3 is 2. The Morgan fingerprint density at radius 1 is 0.878 bits per heavy atom. The van der Waals surface area contributed by atoms with Gasteiger partial charge >= 0.3 is 12.8 Å². The molecule has 49 heavy (non-hydrogen) atoms. The van der Waals surface area contributed by atoms with E-state index >= 15 is 0 Å². The molecule has 11 heteroatoms. The van der Waals surface area contributed by atoms with Crippen molar-refractivity contribution in [1.29, 1.82) is 0 Å². The molecule has 1 aliphatic heterocycles. The Bertz CT molecular complexity index is 1680. The van der Waals surface area contributed by atoms with Crippen molar-refractivity contribution in [2.75, 3.05) is 60.4 Å². The fraction of sp³-hybridized carbons (Fsp3) is 0.447. The van der Waals surface area contributed by atoms with Crippen molar-refractivity contribution in [2.24, 2.45) is 4.99 Å². The Morgan fingerprint density at radius 3 is 1.94 bits per heavy atom. The SMILES string of the molecule is CCC1=C(C)/C(=C(\c2ccc(C(=O)NCC(=O)O)cc2)c2c(C)c(CC)c(C)n2B(C#CCOCCOC)C#CCOCCOC)N=C1C. The third-order valence-corrected chi connectivity index (χ3v) is 8.34. The van der Waals surface area contributed by atoms with Crippen LogP contribution in [0.15, 0.2) is 46.1 Å². The minimum absolute atomic E-state index is 0.228. The van der Waals surface area contributed by atoms with E-state index in [1.807, 2.05) is 19.1 Å². The minimum atomic E-state index is -1.11. The van der Waals surface area contributed by atoms with Gasteiger partial charge in [-0.05, 0) is 80.5 Å². The molecule has 0 spiro atoms. The molecule has 0 radical (unpaired) electrons. The van der Waals surface area contributed by atoms with Gasteiger partial charge < -0.3 is 33.8 Å². The average molecular weight is 670 g/mol. The first-order chi connectivity index (χ1) is 23.6. The molecule has 10 nitrogen and oxygen atoms in total. The number of allylic oxidation sites excluding steroid dienone is 2. The van der Waals surface area contributed by atoms with Gasteiger partial charge in [-0.3, -0.25) is 14.6 Å². The van der Waals surface area contributed by atoms with Crippen LogP contribution in [0, 0.1) is 37.3 Å². The smallest absolute Gasteiger partial charge is 0.433 e. The molecule has 0 saturated heterocycles. The van der Waals surface area contributed by atoms with E-state index in [-0.39, 0.29) is 13.2 Å². The second kappa shape index (κ2) is 19.6. The number of nitrogens with one attached hydrogen (secondary N) is 1. The summed E-state index contributed by atoms with van der Waals surface area (Å²) < 4.78 is 23.7. The van der Waals surface area contributed by atoms with Crippen LogP contribution in [0.1, 0.15) is 72.6 Å². The Balaban J connectivity index is 2.29. The molecule has 2 heterocycles. The van der Waals surface area contributed by atoms with Gasteiger partial charge in [-0.15, -0.1) is 11.6 Å². The molecule has 0 unspecified atom stereocenters. The summed E-state index contributed by atoms with van der Waals surface area (Å²) in [5.74, 6) is 11.5. The average Bonchev–Trinajstić information content (AvgIpc) is 3.51. The molecule has 1 aromatic heterocycles. The van der Waals surface area contributed by atoms with Crippen LogP contribution in [0.2, 0.25) is 0 Å². The van der Waals surface area contributed by atoms with Crippen molar-refractivity contribution in [3.63, 3.8) is 0 Å². The molecule has 0 bridgehead atoms. The molecule has 0 atom stereocenters. The lowest BCUT2D eigenvalue weighted by molar-refractivity contribution is -0.135. The maximum Gasteiger partial charge on any atom is 0.433 e. The highest BCUT2D eigenvalue weighted by Crippen LogP contribution is 2.40. The molecule has 1 amide bonds. The normalized spacial score (nSPS) is 13.3. The van der Waals surface area contributed by atoms with Crippen molar-refractivity contribution in [3.8, 4) is 23.5 Å². The first-order valence-electron chi connectivity index (χ1n) is 16.5. The lowest BCUT2D eigenvalue weighted by atomic mass is 9.63. The number of aromatic nitrogens is 1. The third kappa shape index (κ3) is 10.1. The highest BCUT2D eigenvalue weighted by molar-refractivity contribution is 6.74. The van der Waals surface area contributed by atoms with Crippen LogP contribution in [-0.2, 0) is 30.2 Å². The van der Waals surface area contributed by atoms with Gasteiger partial charge in [-0.25, -0.2) is 0 Å². The molecule has 2 N–H and O–H groups in total. The quantitative estimate of drug-likeness (QED) is 0.151. The molecule has 2 aromatic rings. The summed E-state index contributed by atoms with van der Waals surface area (Å²) in [6.45, 7) is 13.9. The zero-order valence-electron chi connectivity index (χ0n) is 30.0. The number of nitrogens with zero attached hydrogens (tertiary/aromatic N) is 2. The van der Waals surface area contributed by atoms with Crippen LogP contribution in [0.4, 0.5) is 0 Å². The summed E-state index contributed by atoms with van der Waals surface area (Å²) >= 11 is 0. The molecule has 0 aliphatic carbocycles. The number of hydrogen-bond donors (Lipinski definition) is 2. The second-order valence-corrected chi connectivity index (χ2v) is 11.4. The molecular formula is C38H48BN3O7. The molecular weight excluding hydrogens is 621 g/mol. The summed E-state index contributed by atoms with van der Waals surface area (Å²) in [6.07, 6.45) is 1.64. The van der Waals surface area contributed by atoms with Gasteiger partial charge in [-0.2, -0.15) is 0 Å². The number of amides is 1.